The van der Waals surface area contributed by atoms with Gasteiger partial charge < -0.3 is 25.0 Å². The highest BCUT2D eigenvalue weighted by molar-refractivity contribution is 7.80. The summed E-state index contributed by atoms with van der Waals surface area (Å²) < 4.78 is 9.97. The predicted octanol–water partition coefficient (Wildman–Crippen LogP) is 2.84. The van der Waals surface area contributed by atoms with Gasteiger partial charge in [0.15, 0.2) is 0 Å². The largest absolute Gasteiger partial charge is 0.468 e. The van der Waals surface area contributed by atoms with Crippen molar-refractivity contribution in [3.63, 3.8) is 0 Å². The summed E-state index contributed by atoms with van der Waals surface area (Å²) in [4.78, 5) is 53.0. The van der Waals surface area contributed by atoms with Crippen LogP contribution in [-0.4, -0.2) is 65.9 Å². The number of nitrogens with zero attached hydrogens (tertiary/aromatic N) is 1. The van der Waals surface area contributed by atoms with Gasteiger partial charge in [0.1, 0.15) is 24.2 Å². The number of thiol groups is 1. The first-order chi connectivity index (χ1) is 16.4. The lowest BCUT2D eigenvalue weighted by Gasteiger charge is -2.43. The van der Waals surface area contributed by atoms with Crippen LogP contribution in [0.3, 0.4) is 0 Å². The van der Waals surface area contributed by atoms with Gasteiger partial charge in [-0.3, -0.25) is 14.4 Å². The molecule has 0 aromatic heterocycles. The van der Waals surface area contributed by atoms with E-state index in [0.29, 0.717) is 5.56 Å². The molecule has 1 saturated carbocycles. The second-order valence-corrected chi connectivity index (χ2v) is 10.1. The molecule has 1 aliphatic rings. The highest BCUT2D eigenvalue weighted by atomic mass is 32.1. The lowest BCUT2D eigenvalue weighted by atomic mass is 9.87. The van der Waals surface area contributed by atoms with Gasteiger partial charge in [0, 0.05) is 11.8 Å². The topological polar surface area (TPSA) is 114 Å². The first-order valence-electron chi connectivity index (χ1n) is 11.7. The average Bonchev–Trinajstić information content (AvgIpc) is 2.75. The Kier molecular flexibility index (Phi) is 10.00. The number of amides is 3. The van der Waals surface area contributed by atoms with Crippen LogP contribution in [0.2, 0.25) is 0 Å². The third kappa shape index (κ3) is 7.62. The molecule has 1 aromatic rings. The Morgan fingerprint density at radius 1 is 1.17 bits per heavy atom. The first kappa shape index (κ1) is 28.5. The van der Waals surface area contributed by atoms with E-state index in [-0.39, 0.29) is 18.3 Å². The predicted molar refractivity (Wildman–Crippen MR) is 135 cm³/mol. The quantitative estimate of drug-likeness (QED) is 0.350. The average molecular weight is 508 g/mol. The van der Waals surface area contributed by atoms with E-state index in [2.05, 4.69) is 28.0 Å². The Labute approximate surface area is 212 Å². The van der Waals surface area contributed by atoms with Crippen molar-refractivity contribution in [2.75, 3.05) is 19.4 Å². The molecule has 2 unspecified atom stereocenters. The van der Waals surface area contributed by atoms with Crippen molar-refractivity contribution < 1.29 is 28.7 Å². The maximum absolute atomic E-state index is 13.9. The molecule has 2 atom stereocenters. The monoisotopic (exact) mass is 507 g/mol. The van der Waals surface area contributed by atoms with Gasteiger partial charge in [-0.1, -0.05) is 18.2 Å². The Bertz CT molecular complexity index is 942. The molecule has 3 amide bonds. The third-order valence-corrected chi connectivity index (χ3v) is 6.36. The van der Waals surface area contributed by atoms with E-state index in [1.165, 1.54) is 12.0 Å². The molecule has 0 bridgehead atoms. The van der Waals surface area contributed by atoms with Crippen molar-refractivity contribution in [3.05, 3.63) is 34.9 Å². The zero-order chi connectivity index (χ0) is 26.3. The number of alkyl carbamates (subject to hydrolysis) is 1. The fourth-order valence-electron chi connectivity index (χ4n) is 3.81. The van der Waals surface area contributed by atoms with Crippen LogP contribution in [0.1, 0.15) is 62.8 Å². The van der Waals surface area contributed by atoms with Gasteiger partial charge in [0.2, 0.25) is 11.8 Å². The number of hydrogen-bond acceptors (Lipinski definition) is 7. The number of hydrogen-bond donors (Lipinski definition) is 3. The molecule has 1 aromatic carbocycles. The number of aryl methyl sites for hydroxylation is 1. The Hall–Kier alpha value is -2.75. The molecule has 0 aliphatic heterocycles. The molecule has 0 saturated heterocycles. The molecule has 35 heavy (non-hydrogen) atoms. The van der Waals surface area contributed by atoms with Gasteiger partial charge in [0.05, 0.1) is 7.11 Å². The summed E-state index contributed by atoms with van der Waals surface area (Å²) in [6.45, 7) is 8.69. The number of esters is 1. The summed E-state index contributed by atoms with van der Waals surface area (Å²) >= 11 is 4.30. The van der Waals surface area contributed by atoms with Crippen LogP contribution in [0.4, 0.5) is 4.79 Å². The normalized spacial score (nSPS) is 15.3. The zero-order valence-electron chi connectivity index (χ0n) is 21.3. The molecule has 0 heterocycles. The standard InChI is InChI=1S/C25H37N3O6S/c1-15-9-7-12-18(16(15)2)21(22(30)26-13-20(29)33-6)28(17-10-8-11-17)23(31)19(14-35)27-24(32)34-25(3,4)5/h7,9,12,17,19,21,35H,8,10-11,13-14H2,1-6H3,(H,26,30)(H,27,32). The number of carbonyl (C=O) groups excluding carboxylic acids is 4. The SMILES string of the molecule is COC(=O)CNC(=O)C(c1cccc(C)c1C)N(C(=O)C(CS)NC(=O)OC(C)(C)C)C1CCC1. The zero-order valence-corrected chi connectivity index (χ0v) is 22.2. The fourth-order valence-corrected chi connectivity index (χ4v) is 4.06. The van der Waals surface area contributed by atoms with Crippen molar-refractivity contribution in [1.82, 2.24) is 15.5 Å². The van der Waals surface area contributed by atoms with Crippen molar-refractivity contribution >= 4 is 36.5 Å². The Balaban J connectivity index is 2.47. The minimum absolute atomic E-state index is 0.0184. The van der Waals surface area contributed by atoms with Gasteiger partial charge in [-0.2, -0.15) is 12.6 Å². The molecule has 2 rings (SSSR count). The second kappa shape index (κ2) is 12.3. The van der Waals surface area contributed by atoms with E-state index in [4.69, 9.17) is 4.74 Å². The van der Waals surface area contributed by atoms with Crippen LogP contribution in [0.25, 0.3) is 0 Å². The lowest BCUT2D eigenvalue weighted by molar-refractivity contribution is -0.148. The van der Waals surface area contributed by atoms with E-state index in [0.717, 1.165) is 30.4 Å². The number of ether oxygens (including phenoxy) is 2. The molecule has 1 aliphatic carbocycles. The molecule has 10 heteroatoms. The van der Waals surface area contributed by atoms with Crippen molar-refractivity contribution in [2.45, 2.75) is 77.6 Å². The molecule has 0 radical (unpaired) electrons. The fraction of sp³-hybridized carbons (Fsp3) is 0.600. The van der Waals surface area contributed by atoms with Gasteiger partial charge >= 0.3 is 12.1 Å². The van der Waals surface area contributed by atoms with Crippen LogP contribution in [-0.2, 0) is 23.9 Å². The molecule has 2 N–H and O–H groups in total. The van der Waals surface area contributed by atoms with Crippen LogP contribution < -0.4 is 10.6 Å². The summed E-state index contributed by atoms with van der Waals surface area (Å²) in [5.41, 5.74) is 1.75. The molecule has 1 fully saturated rings. The molecule has 194 valence electrons. The Morgan fingerprint density at radius 3 is 2.34 bits per heavy atom. The first-order valence-corrected chi connectivity index (χ1v) is 12.4. The molecular formula is C25H37N3O6S. The van der Waals surface area contributed by atoms with Crippen LogP contribution >= 0.6 is 12.6 Å². The van der Waals surface area contributed by atoms with Crippen LogP contribution in [0.5, 0.6) is 0 Å². The summed E-state index contributed by atoms with van der Waals surface area (Å²) in [5.74, 6) is -1.52. The highest BCUT2D eigenvalue weighted by Crippen LogP contribution is 2.35. The molecule has 9 nitrogen and oxygen atoms in total. The third-order valence-electron chi connectivity index (χ3n) is 6.00. The van der Waals surface area contributed by atoms with Crippen molar-refractivity contribution in [3.8, 4) is 0 Å². The van der Waals surface area contributed by atoms with E-state index in [1.807, 2.05) is 26.0 Å². The van der Waals surface area contributed by atoms with E-state index < -0.39 is 41.6 Å². The number of carbonyl (C=O) groups is 4. The van der Waals surface area contributed by atoms with Crippen molar-refractivity contribution in [2.24, 2.45) is 0 Å². The summed E-state index contributed by atoms with van der Waals surface area (Å²) in [5, 5.41) is 5.21. The van der Waals surface area contributed by atoms with Gasteiger partial charge in [0.25, 0.3) is 0 Å². The number of rotatable bonds is 9. The Morgan fingerprint density at radius 2 is 1.83 bits per heavy atom. The van der Waals surface area contributed by atoms with Crippen LogP contribution in [0.15, 0.2) is 18.2 Å². The number of methoxy groups -OCH3 is 1. The van der Waals surface area contributed by atoms with E-state index in [9.17, 15) is 19.2 Å². The van der Waals surface area contributed by atoms with Gasteiger partial charge in [-0.15, -0.1) is 0 Å². The summed E-state index contributed by atoms with van der Waals surface area (Å²) in [6.07, 6.45) is 1.63. The lowest BCUT2D eigenvalue weighted by Crippen LogP contribution is -2.58. The van der Waals surface area contributed by atoms with E-state index >= 15 is 0 Å². The van der Waals surface area contributed by atoms with E-state index in [1.54, 1.807) is 26.8 Å². The smallest absolute Gasteiger partial charge is 0.408 e. The van der Waals surface area contributed by atoms with Gasteiger partial charge in [-0.25, -0.2) is 4.79 Å². The minimum Gasteiger partial charge on any atom is -0.468 e. The molecule has 0 spiro atoms. The summed E-state index contributed by atoms with van der Waals surface area (Å²) in [6, 6.07) is 3.37. The number of nitrogens with one attached hydrogen (secondary N) is 2. The summed E-state index contributed by atoms with van der Waals surface area (Å²) in [7, 11) is 1.24. The maximum atomic E-state index is 13.9. The van der Waals surface area contributed by atoms with Gasteiger partial charge in [-0.05, 0) is 70.6 Å². The molecular weight excluding hydrogens is 470 g/mol. The minimum atomic E-state index is -1.00. The maximum Gasteiger partial charge on any atom is 0.408 e. The second-order valence-electron chi connectivity index (χ2n) is 9.70. The van der Waals surface area contributed by atoms with Crippen molar-refractivity contribution in [1.29, 1.82) is 0 Å². The van der Waals surface area contributed by atoms with Crippen LogP contribution in [0, 0.1) is 13.8 Å². The number of benzene rings is 1. The highest BCUT2D eigenvalue weighted by Gasteiger charge is 2.42.